The van der Waals surface area contributed by atoms with Gasteiger partial charge in [-0.05, 0) is 31.7 Å². The van der Waals surface area contributed by atoms with E-state index in [9.17, 15) is 4.79 Å². The maximum Gasteiger partial charge on any atom is 0.222 e. The van der Waals surface area contributed by atoms with E-state index in [0.29, 0.717) is 18.4 Å². The summed E-state index contributed by atoms with van der Waals surface area (Å²) in [5, 5.41) is 12.5. The van der Waals surface area contributed by atoms with Gasteiger partial charge in [0, 0.05) is 32.2 Å². The molecule has 4 nitrogen and oxygen atoms in total. The van der Waals surface area contributed by atoms with Crippen molar-refractivity contribution in [2.24, 2.45) is 5.92 Å². The maximum atomic E-state index is 11.9. The Morgan fingerprint density at radius 3 is 2.76 bits per heavy atom. The molecule has 0 aromatic rings. The number of likely N-dealkylation sites (N-methyl/N-ethyl adjacent to an activating group) is 1. The number of rotatable bonds is 6. The van der Waals surface area contributed by atoms with E-state index in [1.165, 1.54) is 0 Å². The zero-order valence-corrected chi connectivity index (χ0v) is 11.1. The van der Waals surface area contributed by atoms with Crippen molar-refractivity contribution >= 4 is 5.91 Å². The molecule has 0 radical (unpaired) electrons. The molecule has 0 spiro atoms. The second-order valence-electron chi connectivity index (χ2n) is 4.92. The van der Waals surface area contributed by atoms with Gasteiger partial charge in [-0.25, -0.2) is 0 Å². The number of nitrogens with zero attached hydrogens (tertiary/aromatic N) is 1. The highest BCUT2D eigenvalue weighted by Crippen LogP contribution is 2.20. The highest BCUT2D eigenvalue weighted by molar-refractivity contribution is 5.76. The second kappa shape index (κ2) is 7.67. The first-order valence-corrected chi connectivity index (χ1v) is 6.83. The van der Waals surface area contributed by atoms with Gasteiger partial charge in [-0.1, -0.05) is 13.8 Å². The van der Waals surface area contributed by atoms with Crippen molar-refractivity contribution in [1.82, 2.24) is 10.2 Å². The predicted octanol–water partition coefficient (Wildman–Crippen LogP) is 0.995. The molecule has 2 N–H and O–H groups in total. The zero-order valence-electron chi connectivity index (χ0n) is 11.1. The summed E-state index contributed by atoms with van der Waals surface area (Å²) in [6.07, 6.45) is 3.43. The van der Waals surface area contributed by atoms with Gasteiger partial charge < -0.3 is 15.3 Å². The Bertz CT molecular complexity index is 219. The van der Waals surface area contributed by atoms with Gasteiger partial charge in [0.25, 0.3) is 0 Å². The van der Waals surface area contributed by atoms with Crippen LogP contribution >= 0.6 is 0 Å². The number of carbonyl (C=O) groups is 1. The standard InChI is InChI=1S/C13H26N2O2/c1-3-5-13(17)15-9-11(6-7-16)8-12(10-15)14-4-2/h11-12,14,16H,3-10H2,1-2H3. The van der Waals surface area contributed by atoms with Crippen molar-refractivity contribution in [3.8, 4) is 0 Å². The van der Waals surface area contributed by atoms with E-state index in [2.05, 4.69) is 12.2 Å². The minimum absolute atomic E-state index is 0.222. The molecule has 2 atom stereocenters. The highest BCUT2D eigenvalue weighted by Gasteiger charge is 2.28. The smallest absolute Gasteiger partial charge is 0.222 e. The lowest BCUT2D eigenvalue weighted by Gasteiger charge is -2.38. The molecule has 1 rings (SSSR count). The normalized spacial score (nSPS) is 25.0. The topological polar surface area (TPSA) is 52.6 Å². The first-order valence-electron chi connectivity index (χ1n) is 6.83. The summed E-state index contributed by atoms with van der Waals surface area (Å²) in [7, 11) is 0. The van der Waals surface area contributed by atoms with Crippen LogP contribution in [0, 0.1) is 5.92 Å². The number of amides is 1. The van der Waals surface area contributed by atoms with Crippen LogP contribution in [0.15, 0.2) is 0 Å². The van der Waals surface area contributed by atoms with Crippen molar-refractivity contribution in [3.63, 3.8) is 0 Å². The number of piperidine rings is 1. The number of likely N-dealkylation sites (tertiary alicyclic amines) is 1. The van der Waals surface area contributed by atoms with Gasteiger partial charge in [0.1, 0.15) is 0 Å². The Morgan fingerprint density at radius 2 is 2.18 bits per heavy atom. The molecule has 1 heterocycles. The number of hydrogen-bond acceptors (Lipinski definition) is 3. The van der Waals surface area contributed by atoms with Gasteiger partial charge in [-0.2, -0.15) is 0 Å². The summed E-state index contributed by atoms with van der Waals surface area (Å²) in [6, 6.07) is 0.395. The summed E-state index contributed by atoms with van der Waals surface area (Å²) < 4.78 is 0. The minimum atomic E-state index is 0.222. The summed E-state index contributed by atoms with van der Waals surface area (Å²) in [5.41, 5.74) is 0. The Labute approximate surface area is 104 Å². The molecule has 1 aliphatic heterocycles. The number of hydrogen-bond donors (Lipinski definition) is 2. The van der Waals surface area contributed by atoms with Crippen LogP contribution in [0.5, 0.6) is 0 Å². The first kappa shape index (κ1) is 14.5. The van der Waals surface area contributed by atoms with Gasteiger partial charge in [0.2, 0.25) is 5.91 Å². The molecule has 100 valence electrons. The molecule has 0 aromatic carbocycles. The molecule has 1 saturated heterocycles. The predicted molar refractivity (Wildman–Crippen MR) is 68.8 cm³/mol. The molecule has 1 amide bonds. The van der Waals surface area contributed by atoms with Gasteiger partial charge in [0.15, 0.2) is 0 Å². The van der Waals surface area contributed by atoms with Crippen LogP contribution in [-0.2, 0) is 4.79 Å². The fraction of sp³-hybridized carbons (Fsp3) is 0.923. The van der Waals surface area contributed by atoms with Crippen LogP contribution in [0.3, 0.4) is 0 Å². The molecule has 1 fully saturated rings. The van der Waals surface area contributed by atoms with Crippen molar-refractivity contribution in [2.45, 2.75) is 45.6 Å². The molecular weight excluding hydrogens is 216 g/mol. The van der Waals surface area contributed by atoms with E-state index in [-0.39, 0.29) is 12.5 Å². The first-order chi connectivity index (χ1) is 8.21. The molecule has 1 aliphatic rings. The monoisotopic (exact) mass is 242 g/mol. The van der Waals surface area contributed by atoms with E-state index >= 15 is 0 Å². The molecule has 4 heteroatoms. The van der Waals surface area contributed by atoms with Crippen molar-refractivity contribution in [2.75, 3.05) is 26.2 Å². The highest BCUT2D eigenvalue weighted by atomic mass is 16.3. The minimum Gasteiger partial charge on any atom is -0.396 e. The molecule has 0 saturated carbocycles. The van der Waals surface area contributed by atoms with E-state index in [4.69, 9.17) is 5.11 Å². The lowest BCUT2D eigenvalue weighted by molar-refractivity contribution is -0.133. The Kier molecular flexibility index (Phi) is 6.52. The molecule has 0 aromatic heterocycles. The number of nitrogens with one attached hydrogen (secondary N) is 1. The third kappa shape index (κ3) is 4.64. The van der Waals surface area contributed by atoms with Crippen LogP contribution < -0.4 is 5.32 Å². The second-order valence-corrected chi connectivity index (χ2v) is 4.92. The molecule has 17 heavy (non-hydrogen) atoms. The average Bonchev–Trinajstić information content (AvgIpc) is 2.30. The van der Waals surface area contributed by atoms with Crippen LogP contribution in [-0.4, -0.2) is 48.2 Å². The third-order valence-electron chi connectivity index (χ3n) is 3.38. The van der Waals surface area contributed by atoms with Gasteiger partial charge in [-0.3, -0.25) is 4.79 Å². The SMILES string of the molecule is CCCC(=O)N1CC(CCO)CC(NCC)C1. The van der Waals surface area contributed by atoms with Crippen LogP contribution in [0.4, 0.5) is 0 Å². The third-order valence-corrected chi connectivity index (χ3v) is 3.38. The van der Waals surface area contributed by atoms with E-state index in [1.807, 2.05) is 11.8 Å². The van der Waals surface area contributed by atoms with Crippen LogP contribution in [0.25, 0.3) is 0 Å². The summed E-state index contributed by atoms with van der Waals surface area (Å²) in [4.78, 5) is 13.9. The quantitative estimate of drug-likeness (QED) is 0.730. The van der Waals surface area contributed by atoms with Crippen molar-refractivity contribution in [1.29, 1.82) is 0 Å². The summed E-state index contributed by atoms with van der Waals surface area (Å²) in [5.74, 6) is 0.705. The van der Waals surface area contributed by atoms with Gasteiger partial charge >= 0.3 is 0 Å². The van der Waals surface area contributed by atoms with Crippen molar-refractivity contribution < 1.29 is 9.90 Å². The van der Waals surface area contributed by atoms with Gasteiger partial charge in [0.05, 0.1) is 0 Å². The Morgan fingerprint density at radius 1 is 1.41 bits per heavy atom. The lowest BCUT2D eigenvalue weighted by Crippen LogP contribution is -2.51. The van der Waals surface area contributed by atoms with E-state index < -0.39 is 0 Å². The number of aliphatic hydroxyl groups excluding tert-OH is 1. The van der Waals surface area contributed by atoms with E-state index in [0.717, 1.165) is 38.9 Å². The molecule has 0 bridgehead atoms. The molecule has 2 unspecified atom stereocenters. The summed E-state index contributed by atoms with van der Waals surface area (Å²) >= 11 is 0. The largest absolute Gasteiger partial charge is 0.396 e. The molecule has 0 aliphatic carbocycles. The Hall–Kier alpha value is -0.610. The van der Waals surface area contributed by atoms with Crippen molar-refractivity contribution in [3.05, 3.63) is 0 Å². The summed E-state index contributed by atoms with van der Waals surface area (Å²) in [6.45, 7) is 6.93. The number of aliphatic hydroxyl groups is 1. The van der Waals surface area contributed by atoms with Crippen LogP contribution in [0.1, 0.15) is 39.5 Å². The zero-order chi connectivity index (χ0) is 12.7. The van der Waals surface area contributed by atoms with Crippen LogP contribution in [0.2, 0.25) is 0 Å². The Balaban J connectivity index is 2.54. The molecular formula is C13H26N2O2. The van der Waals surface area contributed by atoms with E-state index in [1.54, 1.807) is 0 Å². The number of carbonyl (C=O) groups excluding carboxylic acids is 1. The lowest BCUT2D eigenvalue weighted by atomic mass is 9.91. The average molecular weight is 242 g/mol. The fourth-order valence-electron chi connectivity index (χ4n) is 2.61. The fourth-order valence-corrected chi connectivity index (χ4v) is 2.61. The maximum absolute atomic E-state index is 11.9. The van der Waals surface area contributed by atoms with Gasteiger partial charge in [-0.15, -0.1) is 0 Å².